The predicted octanol–water partition coefficient (Wildman–Crippen LogP) is 4.03. The van der Waals surface area contributed by atoms with Gasteiger partial charge in [-0.1, -0.05) is 24.3 Å². The van der Waals surface area contributed by atoms with Gasteiger partial charge in [0.2, 0.25) is 0 Å². The average molecular weight is 412 g/mol. The maximum absolute atomic E-state index is 12.9. The van der Waals surface area contributed by atoms with Crippen molar-refractivity contribution in [2.75, 3.05) is 0 Å². The summed E-state index contributed by atoms with van der Waals surface area (Å²) in [4.78, 5) is 25.7. The van der Waals surface area contributed by atoms with Crippen LogP contribution in [0.15, 0.2) is 54.9 Å². The third-order valence-electron chi connectivity index (χ3n) is 4.74. The summed E-state index contributed by atoms with van der Waals surface area (Å²) in [6, 6.07) is 10.1. The van der Waals surface area contributed by atoms with Crippen molar-refractivity contribution in [1.29, 1.82) is 0 Å². The lowest BCUT2D eigenvalue weighted by molar-refractivity contribution is 0.0407. The number of hydrogen-bond donors (Lipinski definition) is 2. The average Bonchev–Trinajstić information content (AvgIpc) is 2.73. The lowest BCUT2D eigenvalue weighted by Crippen LogP contribution is -2.47. The number of pyridine rings is 1. The van der Waals surface area contributed by atoms with Crippen molar-refractivity contribution in [3.63, 3.8) is 0 Å². The molecule has 1 atom stereocenters. The molecule has 30 heavy (non-hydrogen) atoms. The van der Waals surface area contributed by atoms with E-state index in [1.807, 2.05) is 0 Å². The molecule has 2 heterocycles. The normalized spacial score (nSPS) is 12.6. The molecule has 3 aromatic rings. The predicted molar refractivity (Wildman–Crippen MR) is 109 cm³/mol. The van der Waals surface area contributed by atoms with Crippen molar-refractivity contribution in [3.8, 4) is 22.6 Å². The summed E-state index contributed by atoms with van der Waals surface area (Å²) in [5.74, 6) is -0.206. The van der Waals surface area contributed by atoms with Gasteiger partial charge in [0, 0.05) is 29.1 Å². The van der Waals surface area contributed by atoms with Gasteiger partial charge >= 0.3 is 0 Å². The molecule has 0 aliphatic heterocycles. The Morgan fingerprint density at radius 2 is 1.80 bits per heavy atom. The molecule has 0 fully saturated rings. The minimum atomic E-state index is -2.57. The Balaban J connectivity index is 2.04. The van der Waals surface area contributed by atoms with E-state index < -0.39 is 24.0 Å². The minimum absolute atomic E-state index is 0.0906. The largest absolute Gasteiger partial charge is 0.388 e. The van der Waals surface area contributed by atoms with Crippen LogP contribution >= 0.6 is 0 Å². The lowest BCUT2D eigenvalue weighted by Gasteiger charge is -2.26. The number of benzene rings is 1. The van der Waals surface area contributed by atoms with Gasteiger partial charge in [0.05, 0.1) is 17.3 Å². The number of carbonyl (C=O) groups excluding carboxylic acids is 1. The number of hydrogen-bond acceptors (Lipinski definition) is 5. The summed E-state index contributed by atoms with van der Waals surface area (Å²) in [5.41, 5.74) is 0.448. The van der Waals surface area contributed by atoms with Crippen LogP contribution in [-0.2, 0) is 0 Å². The molecule has 2 N–H and O–H groups in total. The van der Waals surface area contributed by atoms with E-state index >= 15 is 0 Å². The van der Waals surface area contributed by atoms with Gasteiger partial charge in [-0.3, -0.25) is 9.78 Å². The van der Waals surface area contributed by atoms with E-state index in [1.165, 1.54) is 30.3 Å². The number of aliphatic hydroxyl groups is 1. The van der Waals surface area contributed by atoms with Crippen molar-refractivity contribution < 1.29 is 18.7 Å². The smallest absolute Gasteiger partial charge is 0.270 e. The number of halogens is 2. The molecule has 8 heteroatoms. The first-order valence-electron chi connectivity index (χ1n) is 9.36. The molecule has 0 aliphatic carbocycles. The highest BCUT2D eigenvalue weighted by Gasteiger charge is 2.25. The van der Waals surface area contributed by atoms with Crippen LogP contribution in [0.5, 0.6) is 0 Å². The standard InChI is InChI=1S/C22H22F2N4O2/c1-13(22(2,3)30)26-21(29)18-11-17(14-6-8-15(9-7-14)19(23)24)27-20(28-18)16-5-4-10-25-12-16/h4-13,19,30H,1-3H3,(H,26,29). The summed E-state index contributed by atoms with van der Waals surface area (Å²) < 4.78 is 25.7. The zero-order chi connectivity index (χ0) is 21.9. The highest BCUT2D eigenvalue weighted by Crippen LogP contribution is 2.25. The second-order valence-electron chi connectivity index (χ2n) is 7.48. The zero-order valence-electron chi connectivity index (χ0n) is 16.8. The van der Waals surface area contributed by atoms with Crippen molar-refractivity contribution in [2.24, 2.45) is 0 Å². The molecule has 0 spiro atoms. The molecular weight excluding hydrogens is 390 g/mol. The molecule has 1 amide bonds. The van der Waals surface area contributed by atoms with Gasteiger partial charge < -0.3 is 10.4 Å². The van der Waals surface area contributed by atoms with Gasteiger partial charge in [0.1, 0.15) is 5.69 Å². The lowest BCUT2D eigenvalue weighted by atomic mass is 10.0. The highest BCUT2D eigenvalue weighted by molar-refractivity contribution is 5.94. The third kappa shape index (κ3) is 5.01. The van der Waals surface area contributed by atoms with E-state index in [0.717, 1.165) is 0 Å². The molecule has 6 nitrogen and oxygen atoms in total. The van der Waals surface area contributed by atoms with Crippen molar-refractivity contribution in [2.45, 2.75) is 38.8 Å². The van der Waals surface area contributed by atoms with Crippen LogP contribution in [-0.4, -0.2) is 37.6 Å². The molecule has 2 aromatic heterocycles. The molecule has 1 unspecified atom stereocenters. The van der Waals surface area contributed by atoms with E-state index in [9.17, 15) is 18.7 Å². The summed E-state index contributed by atoms with van der Waals surface area (Å²) in [6.45, 7) is 4.87. The molecule has 3 rings (SSSR count). The number of rotatable bonds is 6. The number of nitrogens with zero attached hydrogens (tertiary/aromatic N) is 3. The van der Waals surface area contributed by atoms with Crippen molar-refractivity contribution in [3.05, 3.63) is 66.1 Å². The van der Waals surface area contributed by atoms with Crippen molar-refractivity contribution in [1.82, 2.24) is 20.3 Å². The summed E-state index contributed by atoms with van der Waals surface area (Å²) in [7, 11) is 0. The Morgan fingerprint density at radius 3 is 2.37 bits per heavy atom. The van der Waals surface area contributed by atoms with Gasteiger partial charge in [-0.15, -0.1) is 0 Å². The first kappa shape index (κ1) is 21.4. The van der Waals surface area contributed by atoms with Gasteiger partial charge in [-0.2, -0.15) is 0 Å². The quantitative estimate of drug-likeness (QED) is 0.638. The fraction of sp³-hybridized carbons (Fsp3) is 0.273. The fourth-order valence-corrected chi connectivity index (χ4v) is 2.58. The van der Waals surface area contributed by atoms with E-state index in [0.29, 0.717) is 16.8 Å². The maximum atomic E-state index is 12.9. The number of alkyl halides is 2. The molecule has 0 bridgehead atoms. The van der Waals surface area contributed by atoms with Crippen LogP contribution in [0.2, 0.25) is 0 Å². The topological polar surface area (TPSA) is 88.0 Å². The van der Waals surface area contributed by atoms with Gasteiger partial charge in [0.25, 0.3) is 12.3 Å². The van der Waals surface area contributed by atoms with Gasteiger partial charge in [-0.25, -0.2) is 18.7 Å². The Morgan fingerprint density at radius 1 is 1.10 bits per heavy atom. The monoisotopic (exact) mass is 412 g/mol. The van der Waals surface area contributed by atoms with E-state index in [1.54, 1.807) is 45.3 Å². The van der Waals surface area contributed by atoms with Crippen LogP contribution in [0.25, 0.3) is 22.6 Å². The summed E-state index contributed by atoms with van der Waals surface area (Å²) in [6.07, 6.45) is 0.606. The molecule has 1 aromatic carbocycles. The number of carbonyl (C=O) groups is 1. The van der Waals surface area contributed by atoms with Crippen LogP contribution < -0.4 is 5.32 Å². The molecule has 0 saturated heterocycles. The molecule has 0 aliphatic rings. The highest BCUT2D eigenvalue weighted by atomic mass is 19.3. The van der Waals surface area contributed by atoms with Crippen LogP contribution in [0.3, 0.4) is 0 Å². The van der Waals surface area contributed by atoms with E-state index in [2.05, 4.69) is 20.3 Å². The molecule has 0 radical (unpaired) electrons. The van der Waals surface area contributed by atoms with E-state index in [-0.39, 0.29) is 17.1 Å². The SMILES string of the molecule is CC(NC(=O)c1cc(-c2ccc(C(F)F)cc2)nc(-c2cccnc2)n1)C(C)(C)O. The minimum Gasteiger partial charge on any atom is -0.388 e. The first-order valence-corrected chi connectivity index (χ1v) is 9.36. The third-order valence-corrected chi connectivity index (χ3v) is 4.74. The van der Waals surface area contributed by atoms with Crippen LogP contribution in [0.1, 0.15) is 43.2 Å². The second-order valence-corrected chi connectivity index (χ2v) is 7.48. The molecular formula is C22H22F2N4O2. The summed E-state index contributed by atoms with van der Waals surface area (Å²) in [5, 5.41) is 12.8. The summed E-state index contributed by atoms with van der Waals surface area (Å²) >= 11 is 0. The fourth-order valence-electron chi connectivity index (χ4n) is 2.58. The maximum Gasteiger partial charge on any atom is 0.270 e. The van der Waals surface area contributed by atoms with Crippen LogP contribution in [0.4, 0.5) is 8.78 Å². The van der Waals surface area contributed by atoms with Crippen molar-refractivity contribution >= 4 is 5.91 Å². The second kappa shape index (κ2) is 8.62. The first-order chi connectivity index (χ1) is 14.1. The number of amides is 1. The zero-order valence-corrected chi connectivity index (χ0v) is 16.8. The number of nitrogens with one attached hydrogen (secondary N) is 1. The Kier molecular flexibility index (Phi) is 6.17. The van der Waals surface area contributed by atoms with Gasteiger partial charge in [0.15, 0.2) is 5.82 Å². The van der Waals surface area contributed by atoms with Crippen LogP contribution in [0, 0.1) is 0 Å². The molecule has 0 saturated carbocycles. The molecule has 156 valence electrons. The Hall–Kier alpha value is -3.26. The Labute approximate surface area is 173 Å². The Bertz CT molecular complexity index is 1020. The van der Waals surface area contributed by atoms with Gasteiger partial charge in [-0.05, 0) is 39.0 Å². The van der Waals surface area contributed by atoms with E-state index in [4.69, 9.17) is 0 Å². The number of aromatic nitrogens is 3.